The highest BCUT2D eigenvalue weighted by Gasteiger charge is 2.31. The minimum atomic E-state index is -4.54. The molecule has 1 amide bonds. The first-order valence-corrected chi connectivity index (χ1v) is 9.88. The van der Waals surface area contributed by atoms with Gasteiger partial charge in [-0.15, -0.1) is 0 Å². The Bertz CT molecular complexity index is 1400. The fraction of sp³-hybridized carbons (Fsp3) is 0.273. The summed E-state index contributed by atoms with van der Waals surface area (Å²) in [6, 6.07) is 8.18. The first kappa shape index (κ1) is 21.5. The van der Waals surface area contributed by atoms with Crippen molar-refractivity contribution in [3.05, 3.63) is 64.2 Å². The Morgan fingerprint density at radius 3 is 2.53 bits per heavy atom. The molecule has 2 aromatic carbocycles. The normalized spacial score (nSPS) is 12.1. The van der Waals surface area contributed by atoms with Crippen LogP contribution in [0.5, 0.6) is 0 Å². The zero-order valence-corrected chi connectivity index (χ0v) is 17.6. The lowest BCUT2D eigenvalue weighted by Gasteiger charge is -2.15. The van der Waals surface area contributed by atoms with E-state index in [0.29, 0.717) is 16.9 Å². The van der Waals surface area contributed by atoms with E-state index < -0.39 is 23.2 Å². The summed E-state index contributed by atoms with van der Waals surface area (Å²) in [5.41, 5.74) is 0.0400. The summed E-state index contributed by atoms with van der Waals surface area (Å²) in [6.07, 6.45) is -2.69. The van der Waals surface area contributed by atoms with Crippen LogP contribution in [0.1, 0.15) is 31.0 Å². The second-order valence-corrected chi connectivity index (χ2v) is 7.89. The van der Waals surface area contributed by atoms with Gasteiger partial charge in [0.15, 0.2) is 0 Å². The highest BCUT2D eigenvalue weighted by Crippen LogP contribution is 2.32. The first-order chi connectivity index (χ1) is 15.0. The van der Waals surface area contributed by atoms with Gasteiger partial charge in [0.2, 0.25) is 5.91 Å². The molecule has 0 saturated heterocycles. The molecule has 0 bridgehead atoms. The molecule has 0 aliphatic carbocycles. The Labute approximate surface area is 180 Å². The molecule has 0 atom stereocenters. The highest BCUT2D eigenvalue weighted by atomic mass is 19.4. The summed E-state index contributed by atoms with van der Waals surface area (Å²) in [4.78, 5) is 25.4. The van der Waals surface area contributed by atoms with Gasteiger partial charge in [0.1, 0.15) is 6.54 Å². The van der Waals surface area contributed by atoms with Crippen molar-refractivity contribution in [2.75, 3.05) is 5.32 Å². The average molecular weight is 443 g/mol. The number of carbonyl (C=O) groups excluding carboxylic acids is 1. The molecule has 0 aliphatic heterocycles. The standard InChI is InChI=1S/C22H20F3N5O2/c1-12(2)20-17-8-14(22(23,24)25)5-7-16(17)21(32)30(28-20)11-19(31)26-15-6-4-13-10-29(3)27-18(13)9-15/h4-10,12H,11H2,1-3H3,(H,26,31). The van der Waals surface area contributed by atoms with Crippen LogP contribution in [-0.4, -0.2) is 25.5 Å². The number of nitrogens with zero attached hydrogens (tertiary/aromatic N) is 4. The zero-order valence-electron chi connectivity index (χ0n) is 17.6. The van der Waals surface area contributed by atoms with E-state index in [-0.39, 0.29) is 23.2 Å². The number of benzene rings is 2. The van der Waals surface area contributed by atoms with Gasteiger partial charge in [0.05, 0.1) is 22.2 Å². The lowest BCUT2D eigenvalue weighted by Crippen LogP contribution is -2.31. The van der Waals surface area contributed by atoms with E-state index in [0.717, 1.165) is 28.3 Å². The number of aryl methyl sites for hydroxylation is 1. The van der Waals surface area contributed by atoms with Crippen LogP contribution in [0.2, 0.25) is 0 Å². The molecule has 0 aliphatic rings. The summed E-state index contributed by atoms with van der Waals surface area (Å²) in [7, 11) is 1.79. The third-order valence-corrected chi connectivity index (χ3v) is 5.06. The maximum Gasteiger partial charge on any atom is 0.416 e. The van der Waals surface area contributed by atoms with Gasteiger partial charge < -0.3 is 5.32 Å². The van der Waals surface area contributed by atoms with Crippen LogP contribution in [-0.2, 0) is 24.6 Å². The van der Waals surface area contributed by atoms with Crippen LogP contribution in [0.15, 0.2) is 47.4 Å². The fourth-order valence-electron chi connectivity index (χ4n) is 3.57. The molecule has 0 radical (unpaired) electrons. The van der Waals surface area contributed by atoms with Crippen LogP contribution >= 0.6 is 0 Å². The monoisotopic (exact) mass is 443 g/mol. The van der Waals surface area contributed by atoms with Crippen LogP contribution in [0.25, 0.3) is 21.7 Å². The molecule has 166 valence electrons. The number of hydrogen-bond donors (Lipinski definition) is 1. The summed E-state index contributed by atoms with van der Waals surface area (Å²) in [5.74, 6) is -0.752. The molecule has 1 N–H and O–H groups in total. The Balaban J connectivity index is 1.67. The van der Waals surface area contributed by atoms with Gasteiger partial charge in [-0.05, 0) is 42.3 Å². The maximum absolute atomic E-state index is 13.1. The van der Waals surface area contributed by atoms with E-state index in [1.165, 1.54) is 0 Å². The van der Waals surface area contributed by atoms with E-state index in [1.54, 1.807) is 37.7 Å². The van der Waals surface area contributed by atoms with E-state index in [4.69, 9.17) is 0 Å². The van der Waals surface area contributed by atoms with Gasteiger partial charge in [-0.3, -0.25) is 14.3 Å². The number of fused-ring (bicyclic) bond motifs is 2. The third kappa shape index (κ3) is 4.08. The largest absolute Gasteiger partial charge is 0.416 e. The second-order valence-electron chi connectivity index (χ2n) is 7.89. The molecule has 0 saturated carbocycles. The van der Waals surface area contributed by atoms with Crippen LogP contribution < -0.4 is 10.9 Å². The van der Waals surface area contributed by atoms with Gasteiger partial charge in [0, 0.05) is 29.7 Å². The van der Waals surface area contributed by atoms with Gasteiger partial charge in [0.25, 0.3) is 5.56 Å². The van der Waals surface area contributed by atoms with Crippen molar-refractivity contribution in [1.82, 2.24) is 19.6 Å². The third-order valence-electron chi connectivity index (χ3n) is 5.06. The smallest absolute Gasteiger partial charge is 0.324 e. The summed E-state index contributed by atoms with van der Waals surface area (Å²) < 4.78 is 42.1. The predicted octanol–water partition coefficient (Wildman–Crippen LogP) is 4.06. The van der Waals surface area contributed by atoms with Crippen molar-refractivity contribution < 1.29 is 18.0 Å². The molecule has 0 unspecified atom stereocenters. The minimum Gasteiger partial charge on any atom is -0.324 e. The van der Waals surface area contributed by atoms with Crippen molar-refractivity contribution in [1.29, 1.82) is 0 Å². The van der Waals surface area contributed by atoms with Gasteiger partial charge in [-0.1, -0.05) is 13.8 Å². The van der Waals surface area contributed by atoms with Crippen molar-refractivity contribution in [3.8, 4) is 0 Å². The van der Waals surface area contributed by atoms with Crippen LogP contribution in [0, 0.1) is 0 Å². The summed E-state index contributed by atoms with van der Waals surface area (Å²) in [6.45, 7) is 3.15. The Morgan fingerprint density at radius 1 is 1.09 bits per heavy atom. The molecule has 2 aromatic heterocycles. The SMILES string of the molecule is CC(C)c1nn(CC(=O)Nc2ccc3cn(C)nc3c2)c(=O)c2ccc(C(F)(F)F)cc12. The van der Waals surface area contributed by atoms with E-state index in [2.05, 4.69) is 15.5 Å². The number of rotatable bonds is 4. The van der Waals surface area contributed by atoms with E-state index in [9.17, 15) is 22.8 Å². The van der Waals surface area contributed by atoms with Crippen molar-refractivity contribution in [3.63, 3.8) is 0 Å². The lowest BCUT2D eigenvalue weighted by molar-refractivity contribution is -0.137. The number of nitrogens with one attached hydrogen (secondary N) is 1. The summed E-state index contributed by atoms with van der Waals surface area (Å²) >= 11 is 0. The number of anilines is 1. The van der Waals surface area contributed by atoms with Gasteiger partial charge in [-0.2, -0.15) is 23.4 Å². The second kappa shape index (κ2) is 7.77. The molecular formula is C22H20F3N5O2. The van der Waals surface area contributed by atoms with E-state index in [1.807, 2.05) is 12.3 Å². The van der Waals surface area contributed by atoms with Crippen LogP contribution in [0.3, 0.4) is 0 Å². The van der Waals surface area contributed by atoms with Crippen molar-refractivity contribution in [2.24, 2.45) is 7.05 Å². The molecule has 32 heavy (non-hydrogen) atoms. The quantitative estimate of drug-likeness (QED) is 0.516. The number of alkyl halides is 3. The molecule has 7 nitrogen and oxygen atoms in total. The Kier molecular flexibility index (Phi) is 5.23. The maximum atomic E-state index is 13.1. The van der Waals surface area contributed by atoms with E-state index >= 15 is 0 Å². The van der Waals surface area contributed by atoms with Crippen molar-refractivity contribution >= 4 is 33.3 Å². The molecule has 10 heteroatoms. The number of carbonyl (C=O) groups is 1. The molecular weight excluding hydrogens is 423 g/mol. The lowest BCUT2D eigenvalue weighted by atomic mass is 10.0. The average Bonchev–Trinajstić information content (AvgIpc) is 3.08. The molecule has 0 fully saturated rings. The first-order valence-electron chi connectivity index (χ1n) is 9.88. The fourth-order valence-corrected chi connectivity index (χ4v) is 3.57. The number of halogens is 3. The summed E-state index contributed by atoms with van der Waals surface area (Å²) in [5, 5.41) is 12.3. The number of hydrogen-bond acceptors (Lipinski definition) is 4. The van der Waals surface area contributed by atoms with Gasteiger partial charge >= 0.3 is 6.18 Å². The topological polar surface area (TPSA) is 81.8 Å². The highest BCUT2D eigenvalue weighted by molar-refractivity contribution is 5.93. The van der Waals surface area contributed by atoms with Crippen molar-refractivity contribution in [2.45, 2.75) is 32.5 Å². The molecule has 0 spiro atoms. The zero-order chi connectivity index (χ0) is 23.2. The molecule has 4 aromatic rings. The number of amides is 1. The Hall–Kier alpha value is -3.69. The Morgan fingerprint density at radius 2 is 1.84 bits per heavy atom. The number of aromatic nitrogens is 4. The van der Waals surface area contributed by atoms with Gasteiger partial charge in [-0.25, -0.2) is 4.68 Å². The van der Waals surface area contributed by atoms with Crippen LogP contribution in [0.4, 0.5) is 18.9 Å². The minimum absolute atomic E-state index is 0.0828. The molecule has 4 rings (SSSR count). The molecule has 2 heterocycles. The predicted molar refractivity (Wildman–Crippen MR) is 114 cm³/mol.